The van der Waals surface area contributed by atoms with Crippen LogP contribution in [0.15, 0.2) is 139 Å². The summed E-state index contributed by atoms with van der Waals surface area (Å²) in [5.74, 6) is -5.46. The van der Waals surface area contributed by atoms with Crippen LogP contribution in [0.25, 0.3) is 21.8 Å². The average Bonchev–Trinajstić information content (AvgIpc) is 1.51. The van der Waals surface area contributed by atoms with Crippen LogP contribution in [0.3, 0.4) is 0 Å². The molecule has 106 heavy (non-hydrogen) atoms. The second-order valence-corrected chi connectivity index (χ2v) is 29.7. The number of amides is 8. The zero-order chi connectivity index (χ0) is 75.2. The number of fused-ring (bicyclic) bond motifs is 3. The summed E-state index contributed by atoms with van der Waals surface area (Å²) in [6.07, 6.45) is 8.25. The molecule has 2 saturated heterocycles. The van der Waals surface area contributed by atoms with E-state index in [0.717, 1.165) is 35.8 Å². The number of H-pyrrole nitrogens is 2. The highest BCUT2D eigenvalue weighted by Crippen LogP contribution is 2.44. The van der Waals surface area contributed by atoms with Crippen LogP contribution in [0.1, 0.15) is 104 Å². The van der Waals surface area contributed by atoms with E-state index in [9.17, 15) is 28.8 Å². The number of phenols is 1. The van der Waals surface area contributed by atoms with Gasteiger partial charge in [-0.1, -0.05) is 72.8 Å². The Morgan fingerprint density at radius 1 is 0.642 bits per heavy atom. The number of benzene rings is 4. The van der Waals surface area contributed by atoms with Crippen molar-refractivity contribution in [1.29, 1.82) is 0 Å². The normalized spacial score (nSPS) is 24.3. The first-order valence-corrected chi connectivity index (χ1v) is 38.1. The zero-order valence-corrected chi connectivity index (χ0v) is 60.8. The molecule has 7 aromatic rings. The number of phenolic OH excluding ortho intramolecular Hbond substituents is 1. The summed E-state index contributed by atoms with van der Waals surface area (Å²) < 4.78 is 14.3. The number of rotatable bonds is 23. The SMILES string of the molecule is CC(O)C1NC(=O)C(CCCCN)NC(=O)C(Cc2c[nH]c3ccccc23)NC(=O)C(Cc2ccncc2)NC(=O)C(Cc2ccccc2)NC(=O)C(CCCN=C(N)N)NC(=O)C(NCCS(=O)CC2CC3c4cccc5[nH]cc(c45)CC3N(C)C2)CCCCNC(=O)C(Cc2ccc(O)cc2)NC1=O. The molecule has 5 heterocycles. The lowest BCUT2D eigenvalue weighted by Crippen LogP contribution is -2.62. The number of nitrogens with two attached hydrogens (primary N) is 3. The Morgan fingerprint density at radius 2 is 1.23 bits per heavy atom. The van der Waals surface area contributed by atoms with Gasteiger partial charge in [-0.25, -0.2) is 0 Å². The van der Waals surface area contributed by atoms with Crippen molar-refractivity contribution >= 4 is 85.8 Å². The predicted octanol–water partition coefficient (Wildman–Crippen LogP) is 1.64. The number of aliphatic imine (C=N–C) groups is 1. The number of aliphatic hydroxyl groups is 1. The van der Waals surface area contributed by atoms with Crippen molar-refractivity contribution < 1.29 is 52.8 Å². The number of aromatic nitrogens is 3. The van der Waals surface area contributed by atoms with E-state index in [1.807, 2.05) is 24.3 Å². The third-order valence-corrected chi connectivity index (χ3v) is 21.7. The van der Waals surface area contributed by atoms with Gasteiger partial charge in [-0.05, 0) is 160 Å². The predicted molar refractivity (Wildman–Crippen MR) is 406 cm³/mol. The number of nitrogens with zero attached hydrogens (tertiary/aromatic N) is 3. The maximum absolute atomic E-state index is 15.3. The molecule has 13 atom stereocenters. The standard InChI is InChI=1S/C77H101N17O11S/c1-46(95)68-76(104)92-62(38-48-23-25-53(96)26-24-48)69(97)83-30-11-9-19-59(82-34-35-106(105)45-50-36-56-55-17-12-21-58-67(55)52(43-86-58)41-66(56)94(2)44-50)70(98)87-61(22-13-31-84-77(79)80)71(99)89-63(37-47-14-4-3-5-15-47)73(101)90-64(39-49-27-32-81-33-28-49)74(102)91-65(40-51-42-85-57-18-7-6-16-54(51)57)75(103)88-60(72(100)93-68)20-8-10-29-78/h3-7,12,14-18,21,23-28,32-33,42-43,46,50,56,59-66,68,82,85-86,95-96H,8-11,13,19-20,22,29-31,34-41,44-45,78H2,1-2H3,(H,83,97)(H,87,98)(H,88,103)(H,89,99)(H,90,101)(H,91,102)(H,92,104)(H,93,100)(H4,79,80,84). The molecule has 3 aliphatic rings. The molecule has 3 aromatic heterocycles. The fourth-order valence-corrected chi connectivity index (χ4v) is 15.9. The lowest BCUT2D eigenvalue weighted by Gasteiger charge is -2.45. The van der Waals surface area contributed by atoms with E-state index in [-0.39, 0.29) is 107 Å². The van der Waals surface area contributed by atoms with Crippen LogP contribution in [0.4, 0.5) is 0 Å². The number of aromatic hydroxyl groups is 1. The van der Waals surface area contributed by atoms with Gasteiger partial charge in [0.2, 0.25) is 47.3 Å². The zero-order valence-electron chi connectivity index (χ0n) is 60.0. The number of guanidine groups is 1. The number of aliphatic hydroxyl groups excluding tert-OH is 1. The summed E-state index contributed by atoms with van der Waals surface area (Å²) in [6, 6.07) is 21.2. The fourth-order valence-electron chi connectivity index (χ4n) is 14.6. The lowest BCUT2D eigenvalue weighted by molar-refractivity contribution is -0.136. The summed E-state index contributed by atoms with van der Waals surface area (Å²) in [5.41, 5.74) is 24.2. The van der Waals surface area contributed by atoms with Crippen LogP contribution in [0.2, 0.25) is 0 Å². The number of likely N-dealkylation sites (tertiary alicyclic amines) is 1. The summed E-state index contributed by atoms with van der Waals surface area (Å²) in [4.78, 5) is 137. The molecule has 0 bridgehead atoms. The van der Waals surface area contributed by atoms with Crippen LogP contribution < -0.4 is 65.1 Å². The van der Waals surface area contributed by atoms with Crippen molar-refractivity contribution in [1.82, 2.24) is 67.7 Å². The van der Waals surface area contributed by atoms with Crippen molar-refractivity contribution in [2.24, 2.45) is 28.1 Å². The lowest BCUT2D eigenvalue weighted by atomic mass is 9.73. The largest absolute Gasteiger partial charge is 0.508 e. The van der Waals surface area contributed by atoms with E-state index >= 15 is 24.0 Å². The Balaban J connectivity index is 0.966. The van der Waals surface area contributed by atoms with Gasteiger partial charge in [-0.3, -0.25) is 52.5 Å². The van der Waals surface area contributed by atoms with Gasteiger partial charge in [0.15, 0.2) is 5.96 Å². The average molecular weight is 1470 g/mol. The molecular formula is C77H101N17O11S. The van der Waals surface area contributed by atoms with E-state index in [1.54, 1.807) is 60.8 Å². The van der Waals surface area contributed by atoms with E-state index in [4.69, 9.17) is 17.2 Å². The number of aromatic amines is 2. The molecule has 8 amide bonds. The number of hydrogen-bond acceptors (Lipinski definition) is 16. The van der Waals surface area contributed by atoms with Crippen LogP contribution in [0.5, 0.6) is 5.75 Å². The van der Waals surface area contributed by atoms with Gasteiger partial charge in [0.25, 0.3) is 0 Å². The molecular weight excluding hydrogens is 1370 g/mol. The topological polar surface area (TPSA) is 440 Å². The number of pyridine rings is 1. The smallest absolute Gasteiger partial charge is 0.245 e. The highest BCUT2D eigenvalue weighted by Gasteiger charge is 2.41. The van der Waals surface area contributed by atoms with Crippen LogP contribution >= 0.6 is 0 Å². The van der Waals surface area contributed by atoms with E-state index in [1.165, 1.54) is 48.0 Å². The van der Waals surface area contributed by atoms with Gasteiger partial charge in [0.1, 0.15) is 48.0 Å². The van der Waals surface area contributed by atoms with Crippen molar-refractivity contribution in [2.75, 3.05) is 51.3 Å². The molecule has 10 rings (SSSR count). The number of unbranched alkanes of at least 4 members (excludes halogenated alkanes) is 1. The summed E-state index contributed by atoms with van der Waals surface area (Å²) in [6.45, 7) is 2.56. The second kappa shape index (κ2) is 38.3. The van der Waals surface area contributed by atoms with Gasteiger partial charge >= 0.3 is 0 Å². The van der Waals surface area contributed by atoms with Gasteiger partial charge < -0.3 is 90.1 Å². The molecule has 0 spiro atoms. The van der Waals surface area contributed by atoms with Crippen molar-refractivity contribution in [3.05, 3.63) is 167 Å². The van der Waals surface area contributed by atoms with Crippen LogP contribution in [-0.2, 0) is 81.3 Å². The maximum Gasteiger partial charge on any atom is 0.245 e. The van der Waals surface area contributed by atoms with Crippen molar-refractivity contribution in [3.63, 3.8) is 0 Å². The van der Waals surface area contributed by atoms with Crippen LogP contribution in [-0.4, -0.2) is 199 Å². The quantitative estimate of drug-likeness (QED) is 0.0246. The van der Waals surface area contributed by atoms with Gasteiger partial charge in [-0.15, -0.1) is 0 Å². The molecule has 13 unspecified atom stereocenters. The number of hydrogen-bond donors (Lipinski definition) is 16. The minimum absolute atomic E-state index is 0.00980. The Morgan fingerprint density at radius 3 is 1.92 bits per heavy atom. The molecule has 4 aromatic carbocycles. The second-order valence-electron chi connectivity index (χ2n) is 28.1. The summed E-state index contributed by atoms with van der Waals surface area (Å²) >= 11 is 0. The highest BCUT2D eigenvalue weighted by molar-refractivity contribution is 7.85. The van der Waals surface area contributed by atoms with E-state index < -0.39 is 112 Å². The number of para-hydroxylation sites is 1. The molecule has 0 radical (unpaired) electrons. The molecule has 1 aliphatic carbocycles. The monoisotopic (exact) mass is 1470 g/mol. The third kappa shape index (κ3) is 21.8. The first-order valence-electron chi connectivity index (χ1n) is 36.6. The molecule has 2 fully saturated rings. The summed E-state index contributed by atoms with van der Waals surface area (Å²) in [7, 11) is 0.808. The van der Waals surface area contributed by atoms with E-state index in [0.29, 0.717) is 59.7 Å². The highest BCUT2D eigenvalue weighted by atomic mass is 32.2. The Kier molecular flexibility index (Phi) is 28.4. The Labute approximate surface area is 619 Å². The minimum Gasteiger partial charge on any atom is -0.508 e. The van der Waals surface area contributed by atoms with Gasteiger partial charge in [-0.2, -0.15) is 0 Å². The summed E-state index contributed by atoms with van der Waals surface area (Å²) in [5, 5.41) is 49.5. The number of likely N-dealkylation sites (N-methyl/N-ethyl adjacent to an activating group) is 1. The third-order valence-electron chi connectivity index (χ3n) is 20.2. The molecule has 28 nitrogen and oxygen atoms in total. The molecule has 0 saturated carbocycles. The van der Waals surface area contributed by atoms with Gasteiger partial charge in [0, 0.05) is 133 Å². The minimum atomic E-state index is -1.69. The Hall–Kier alpha value is -10.1. The first kappa shape index (κ1) is 78.5. The number of carbonyl (C=O) groups is 8. The number of piperidine rings is 1. The first-order chi connectivity index (χ1) is 51.2. The van der Waals surface area contributed by atoms with Gasteiger partial charge in [0.05, 0.1) is 12.1 Å². The van der Waals surface area contributed by atoms with Crippen molar-refractivity contribution in [2.45, 2.75) is 163 Å². The molecule has 29 heteroatoms. The molecule has 19 N–H and O–H groups in total. The van der Waals surface area contributed by atoms with Crippen LogP contribution in [0, 0.1) is 5.92 Å². The van der Waals surface area contributed by atoms with E-state index in [2.05, 4.69) is 104 Å². The number of nitrogens with one attached hydrogen (secondary N) is 11. The fraction of sp³-hybridized carbons (Fsp3) is 0.455. The Bertz CT molecular complexity index is 4190. The number of carbonyl (C=O) groups excluding carboxylic acids is 8. The molecule has 2 aliphatic heterocycles. The molecule has 566 valence electrons. The van der Waals surface area contributed by atoms with Crippen molar-refractivity contribution in [3.8, 4) is 5.75 Å². The maximum atomic E-state index is 15.3.